The first-order valence-corrected chi connectivity index (χ1v) is 6.80. The summed E-state index contributed by atoms with van der Waals surface area (Å²) in [5.74, 6) is 0.295. The predicted octanol–water partition coefficient (Wildman–Crippen LogP) is 2.24. The molecule has 1 aromatic carbocycles. The van der Waals surface area contributed by atoms with Gasteiger partial charge in [0.1, 0.15) is 11.8 Å². The fourth-order valence-electron chi connectivity index (χ4n) is 3.01. The van der Waals surface area contributed by atoms with Gasteiger partial charge in [0.25, 0.3) is 0 Å². The molecule has 2 rings (SSSR count). The first-order chi connectivity index (χ1) is 8.38. The lowest BCUT2D eigenvalue weighted by Gasteiger charge is -2.37. The van der Waals surface area contributed by atoms with Gasteiger partial charge in [-0.1, -0.05) is 45.0 Å². The Balaban J connectivity index is 2.32. The molecule has 1 aromatic rings. The summed E-state index contributed by atoms with van der Waals surface area (Å²) in [6, 6.07) is 9.54. The Morgan fingerprint density at radius 2 is 2.00 bits per heavy atom. The quantitative estimate of drug-likeness (QED) is 0.853. The molecule has 0 spiro atoms. The number of carbonyl (C=O) groups excluding carboxylic acids is 1. The van der Waals surface area contributed by atoms with E-state index in [0.29, 0.717) is 24.3 Å². The number of benzene rings is 1. The Bertz CT molecular complexity index is 445. The topological polar surface area (TPSA) is 33.7 Å². The second-order valence-corrected chi connectivity index (χ2v) is 6.61. The third kappa shape index (κ3) is 2.81. The highest BCUT2D eigenvalue weighted by atomic mass is 16.1. The molecule has 18 heavy (non-hydrogen) atoms. The number of carbonyl (C=O) groups is 1. The maximum atomic E-state index is 11.4. The van der Waals surface area contributed by atoms with Crippen molar-refractivity contribution in [3.05, 3.63) is 35.4 Å². The Kier molecular flexibility index (Phi) is 3.58. The summed E-state index contributed by atoms with van der Waals surface area (Å²) in [5, 5.41) is 2.41. The fourth-order valence-corrected chi connectivity index (χ4v) is 3.01. The normalized spacial score (nSPS) is 23.6. The first kappa shape index (κ1) is 13.3. The van der Waals surface area contributed by atoms with E-state index < -0.39 is 0 Å². The van der Waals surface area contributed by atoms with Crippen LogP contribution in [-0.2, 0) is 11.2 Å². The number of hydrogen-bond acceptors (Lipinski definition) is 1. The Morgan fingerprint density at radius 3 is 2.61 bits per heavy atom. The molecule has 0 radical (unpaired) electrons. The minimum atomic E-state index is 0.214. The van der Waals surface area contributed by atoms with Crippen molar-refractivity contribution in [2.75, 3.05) is 0 Å². The summed E-state index contributed by atoms with van der Waals surface area (Å²) in [6.45, 7) is 8.53. The number of quaternary nitrogens is 1. The molecule has 0 bridgehead atoms. The van der Waals surface area contributed by atoms with Crippen molar-refractivity contribution in [3.63, 3.8) is 0 Å². The monoisotopic (exact) mass is 246 g/mol. The molecule has 0 aromatic heterocycles. The zero-order valence-corrected chi connectivity index (χ0v) is 11.9. The Labute approximate surface area is 110 Å². The fraction of sp³-hybridized carbons (Fsp3) is 0.562. The van der Waals surface area contributed by atoms with Crippen LogP contribution in [0.4, 0.5) is 0 Å². The van der Waals surface area contributed by atoms with Crippen LogP contribution in [0.15, 0.2) is 24.3 Å². The highest BCUT2D eigenvalue weighted by Crippen LogP contribution is 2.34. The van der Waals surface area contributed by atoms with Gasteiger partial charge in [-0.2, -0.15) is 0 Å². The minimum Gasteiger partial charge on any atom is -0.337 e. The molecule has 0 fully saturated rings. The standard InChI is InChI=1S/C16H23NO/c1-11(18)9-13-10-12-7-5-6-8-14(12)15(17-13)16(2,3)4/h5-8,13,15,17H,9-10H2,1-4H3/p+1/t13-,15+/m0/s1. The van der Waals surface area contributed by atoms with Crippen LogP contribution >= 0.6 is 0 Å². The maximum absolute atomic E-state index is 11.4. The van der Waals surface area contributed by atoms with Gasteiger partial charge < -0.3 is 5.32 Å². The number of ketones is 1. The van der Waals surface area contributed by atoms with Crippen LogP contribution in [0.25, 0.3) is 0 Å². The zero-order chi connectivity index (χ0) is 13.3. The lowest BCUT2D eigenvalue weighted by molar-refractivity contribution is -0.741. The van der Waals surface area contributed by atoms with Gasteiger partial charge in [0, 0.05) is 17.4 Å². The summed E-state index contributed by atoms with van der Waals surface area (Å²) in [7, 11) is 0. The van der Waals surface area contributed by atoms with Crippen LogP contribution in [-0.4, -0.2) is 11.8 Å². The van der Waals surface area contributed by atoms with Crippen molar-refractivity contribution in [2.45, 2.75) is 52.6 Å². The maximum Gasteiger partial charge on any atom is 0.135 e. The van der Waals surface area contributed by atoms with Crippen molar-refractivity contribution >= 4 is 5.78 Å². The molecule has 1 heterocycles. The number of Topliss-reactive ketones (excluding diaryl/α,β-unsaturated/α-hetero) is 1. The third-order valence-electron chi connectivity index (χ3n) is 3.82. The summed E-state index contributed by atoms with van der Waals surface area (Å²) >= 11 is 0. The van der Waals surface area contributed by atoms with E-state index in [1.165, 1.54) is 11.1 Å². The van der Waals surface area contributed by atoms with Crippen molar-refractivity contribution in [3.8, 4) is 0 Å². The van der Waals surface area contributed by atoms with Gasteiger partial charge in [0.2, 0.25) is 0 Å². The predicted molar refractivity (Wildman–Crippen MR) is 73.4 cm³/mol. The van der Waals surface area contributed by atoms with Crippen molar-refractivity contribution in [2.24, 2.45) is 5.41 Å². The van der Waals surface area contributed by atoms with E-state index in [4.69, 9.17) is 0 Å². The molecule has 0 aliphatic carbocycles. The van der Waals surface area contributed by atoms with E-state index in [1.807, 2.05) is 0 Å². The Morgan fingerprint density at radius 1 is 1.33 bits per heavy atom. The van der Waals surface area contributed by atoms with Gasteiger partial charge in [-0.05, 0) is 12.5 Å². The van der Waals surface area contributed by atoms with Gasteiger partial charge >= 0.3 is 0 Å². The molecule has 0 amide bonds. The molecule has 2 N–H and O–H groups in total. The molecule has 98 valence electrons. The summed E-state index contributed by atoms with van der Waals surface area (Å²) in [5.41, 5.74) is 3.09. The van der Waals surface area contributed by atoms with Gasteiger partial charge in [-0.25, -0.2) is 0 Å². The summed E-state index contributed by atoms with van der Waals surface area (Å²) < 4.78 is 0. The molecule has 0 saturated heterocycles. The highest BCUT2D eigenvalue weighted by molar-refractivity contribution is 5.76. The van der Waals surface area contributed by atoms with E-state index in [-0.39, 0.29) is 5.41 Å². The second-order valence-electron chi connectivity index (χ2n) is 6.61. The van der Waals surface area contributed by atoms with Crippen molar-refractivity contribution in [1.82, 2.24) is 0 Å². The van der Waals surface area contributed by atoms with E-state index in [2.05, 4.69) is 50.4 Å². The SMILES string of the molecule is CC(=O)C[C@H]1Cc2ccccc2[C@H](C(C)(C)C)[NH2+]1. The van der Waals surface area contributed by atoms with Crippen LogP contribution < -0.4 is 5.32 Å². The van der Waals surface area contributed by atoms with E-state index in [1.54, 1.807) is 6.92 Å². The average Bonchev–Trinajstić information content (AvgIpc) is 2.25. The molecule has 0 unspecified atom stereocenters. The van der Waals surface area contributed by atoms with Crippen LogP contribution in [0.3, 0.4) is 0 Å². The molecule has 0 saturated carbocycles. The van der Waals surface area contributed by atoms with Gasteiger partial charge in [0.15, 0.2) is 0 Å². The third-order valence-corrected chi connectivity index (χ3v) is 3.82. The molecule has 1 aliphatic heterocycles. The Hall–Kier alpha value is -1.15. The lowest BCUT2D eigenvalue weighted by Crippen LogP contribution is -2.94. The summed E-state index contributed by atoms with van der Waals surface area (Å²) in [4.78, 5) is 11.4. The van der Waals surface area contributed by atoms with E-state index >= 15 is 0 Å². The number of hydrogen-bond donors (Lipinski definition) is 1. The van der Waals surface area contributed by atoms with Crippen LogP contribution in [0.2, 0.25) is 0 Å². The van der Waals surface area contributed by atoms with E-state index in [0.717, 1.165) is 6.42 Å². The van der Waals surface area contributed by atoms with Gasteiger partial charge in [0.05, 0.1) is 12.5 Å². The van der Waals surface area contributed by atoms with Crippen LogP contribution in [0.1, 0.15) is 51.3 Å². The number of rotatable bonds is 2. The molecule has 2 heteroatoms. The summed E-state index contributed by atoms with van der Waals surface area (Å²) in [6.07, 6.45) is 1.70. The molecule has 2 atom stereocenters. The average molecular weight is 246 g/mol. The van der Waals surface area contributed by atoms with Crippen LogP contribution in [0, 0.1) is 5.41 Å². The van der Waals surface area contributed by atoms with E-state index in [9.17, 15) is 4.79 Å². The number of nitrogens with two attached hydrogens (primary N) is 1. The molecular weight excluding hydrogens is 222 g/mol. The molecule has 1 aliphatic rings. The zero-order valence-electron chi connectivity index (χ0n) is 11.9. The highest BCUT2D eigenvalue weighted by Gasteiger charge is 2.37. The smallest absolute Gasteiger partial charge is 0.135 e. The van der Waals surface area contributed by atoms with Gasteiger partial charge in [-0.15, -0.1) is 0 Å². The first-order valence-electron chi connectivity index (χ1n) is 6.80. The second kappa shape index (κ2) is 4.85. The minimum absolute atomic E-state index is 0.214. The lowest BCUT2D eigenvalue weighted by atomic mass is 9.76. The number of fused-ring (bicyclic) bond motifs is 1. The van der Waals surface area contributed by atoms with Gasteiger partial charge in [-0.3, -0.25) is 4.79 Å². The van der Waals surface area contributed by atoms with Crippen molar-refractivity contribution < 1.29 is 10.1 Å². The molecular formula is C16H24NO+. The molecule has 2 nitrogen and oxygen atoms in total. The largest absolute Gasteiger partial charge is 0.337 e. The van der Waals surface area contributed by atoms with Crippen LogP contribution in [0.5, 0.6) is 0 Å². The van der Waals surface area contributed by atoms with Crippen molar-refractivity contribution in [1.29, 1.82) is 0 Å².